The van der Waals surface area contributed by atoms with Gasteiger partial charge in [-0.25, -0.2) is 0 Å². The molecule has 3 heteroatoms. The Balaban J connectivity index is 2.46. The second-order valence-corrected chi connectivity index (χ2v) is 6.38. The van der Waals surface area contributed by atoms with E-state index < -0.39 is 0 Å². The summed E-state index contributed by atoms with van der Waals surface area (Å²) in [5, 5.41) is 3.06. The summed E-state index contributed by atoms with van der Waals surface area (Å²) in [4.78, 5) is 14.2. The molecule has 15 heavy (non-hydrogen) atoms. The molecule has 1 N–H and O–H groups in total. The second kappa shape index (κ2) is 3.08. The Kier molecular flexibility index (Phi) is 2.19. The van der Waals surface area contributed by atoms with Gasteiger partial charge in [0.15, 0.2) is 0 Å². The average molecular weight is 223 g/mol. The first kappa shape index (κ1) is 10.7. The smallest absolute Gasteiger partial charge is 0.221 e. The first-order valence-corrected chi connectivity index (χ1v) is 6.05. The van der Waals surface area contributed by atoms with E-state index in [9.17, 15) is 4.79 Å². The molecule has 2 heterocycles. The zero-order valence-electron chi connectivity index (χ0n) is 9.68. The van der Waals surface area contributed by atoms with Crippen molar-refractivity contribution in [2.24, 2.45) is 0 Å². The largest absolute Gasteiger partial charge is 0.350 e. The number of rotatable bonds is 1. The summed E-state index contributed by atoms with van der Waals surface area (Å²) in [5.41, 5.74) is -0.218. The van der Waals surface area contributed by atoms with Crippen molar-refractivity contribution in [2.45, 2.75) is 45.1 Å². The molecule has 1 aromatic rings. The highest BCUT2D eigenvalue weighted by Crippen LogP contribution is 2.44. The fourth-order valence-corrected chi connectivity index (χ4v) is 3.37. The standard InChI is InChI=1S/C12H17NOS/c1-8-5-6-9(15-8)12(4)7-10(14)13-11(12,2)3/h5-6H,7H2,1-4H3,(H,13,14). The van der Waals surface area contributed by atoms with Gasteiger partial charge >= 0.3 is 0 Å². The Morgan fingerprint density at radius 3 is 2.40 bits per heavy atom. The lowest BCUT2D eigenvalue weighted by Crippen LogP contribution is -2.47. The van der Waals surface area contributed by atoms with Crippen LogP contribution in [-0.2, 0) is 10.2 Å². The monoisotopic (exact) mass is 223 g/mol. The minimum Gasteiger partial charge on any atom is -0.350 e. The molecule has 2 rings (SSSR count). The van der Waals surface area contributed by atoms with E-state index in [1.807, 2.05) is 0 Å². The van der Waals surface area contributed by atoms with Crippen molar-refractivity contribution in [3.63, 3.8) is 0 Å². The number of amides is 1. The fourth-order valence-electron chi connectivity index (χ4n) is 2.20. The maximum atomic E-state index is 11.5. The summed E-state index contributed by atoms with van der Waals surface area (Å²) >= 11 is 1.80. The van der Waals surface area contributed by atoms with Crippen LogP contribution >= 0.6 is 11.3 Å². The molecule has 2 nitrogen and oxygen atoms in total. The summed E-state index contributed by atoms with van der Waals surface area (Å²) in [6.07, 6.45) is 0.597. The maximum absolute atomic E-state index is 11.5. The van der Waals surface area contributed by atoms with Crippen molar-refractivity contribution in [1.29, 1.82) is 0 Å². The van der Waals surface area contributed by atoms with Crippen molar-refractivity contribution in [3.05, 3.63) is 21.9 Å². The van der Waals surface area contributed by atoms with E-state index in [4.69, 9.17) is 0 Å². The van der Waals surface area contributed by atoms with Crippen LogP contribution < -0.4 is 5.32 Å². The van der Waals surface area contributed by atoms with Crippen LogP contribution in [0.25, 0.3) is 0 Å². The molecule has 82 valence electrons. The molecule has 0 radical (unpaired) electrons. The van der Waals surface area contributed by atoms with Crippen LogP contribution in [0.2, 0.25) is 0 Å². The second-order valence-electron chi connectivity index (χ2n) is 5.09. The van der Waals surface area contributed by atoms with Crippen LogP contribution in [0, 0.1) is 6.92 Å². The van der Waals surface area contributed by atoms with Gasteiger partial charge in [-0.2, -0.15) is 0 Å². The zero-order chi connectivity index (χ0) is 11.3. The van der Waals surface area contributed by atoms with E-state index >= 15 is 0 Å². The number of aryl methyl sites for hydroxylation is 1. The lowest BCUT2D eigenvalue weighted by atomic mass is 9.73. The predicted molar refractivity (Wildman–Crippen MR) is 63.2 cm³/mol. The molecule has 1 aliphatic rings. The van der Waals surface area contributed by atoms with Gasteiger partial charge in [0.05, 0.1) is 0 Å². The molecule has 1 atom stereocenters. The van der Waals surface area contributed by atoms with Crippen LogP contribution in [0.15, 0.2) is 12.1 Å². The van der Waals surface area contributed by atoms with Crippen molar-refractivity contribution in [3.8, 4) is 0 Å². The lowest BCUT2D eigenvalue weighted by molar-refractivity contribution is -0.119. The van der Waals surface area contributed by atoms with E-state index in [0.717, 1.165) is 0 Å². The van der Waals surface area contributed by atoms with Gasteiger partial charge in [-0.1, -0.05) is 6.92 Å². The van der Waals surface area contributed by atoms with Gasteiger partial charge in [0, 0.05) is 27.1 Å². The van der Waals surface area contributed by atoms with Crippen LogP contribution in [0.5, 0.6) is 0 Å². The molecule has 0 bridgehead atoms. The van der Waals surface area contributed by atoms with Crippen LogP contribution in [0.4, 0.5) is 0 Å². The summed E-state index contributed by atoms with van der Waals surface area (Å²) in [6.45, 7) is 8.49. The Bertz CT molecular complexity index is 408. The number of nitrogens with one attached hydrogen (secondary N) is 1. The van der Waals surface area contributed by atoms with Gasteiger partial charge in [-0.05, 0) is 32.9 Å². The first-order chi connectivity index (χ1) is 6.85. The summed E-state index contributed by atoms with van der Waals surface area (Å²) < 4.78 is 0. The Hall–Kier alpha value is -0.830. The van der Waals surface area contributed by atoms with Crippen molar-refractivity contribution >= 4 is 17.2 Å². The number of hydrogen-bond acceptors (Lipinski definition) is 2. The summed E-state index contributed by atoms with van der Waals surface area (Å²) in [6, 6.07) is 4.28. The van der Waals surface area contributed by atoms with Crippen LogP contribution in [0.3, 0.4) is 0 Å². The van der Waals surface area contributed by atoms with Crippen LogP contribution in [0.1, 0.15) is 36.9 Å². The van der Waals surface area contributed by atoms with Gasteiger partial charge in [0.2, 0.25) is 5.91 Å². The molecule has 1 fully saturated rings. The predicted octanol–water partition coefficient (Wildman–Crippen LogP) is 2.61. The molecule has 1 amide bonds. The van der Waals surface area contributed by atoms with E-state index in [0.29, 0.717) is 6.42 Å². The zero-order valence-corrected chi connectivity index (χ0v) is 10.5. The lowest BCUT2D eigenvalue weighted by Gasteiger charge is -2.36. The number of carbonyl (C=O) groups excluding carboxylic acids is 1. The van der Waals surface area contributed by atoms with Crippen molar-refractivity contribution in [2.75, 3.05) is 0 Å². The summed E-state index contributed by atoms with van der Waals surface area (Å²) in [7, 11) is 0. The highest BCUT2D eigenvalue weighted by molar-refractivity contribution is 7.12. The van der Waals surface area contributed by atoms with Gasteiger partial charge < -0.3 is 5.32 Å². The minimum absolute atomic E-state index is 0.0665. The topological polar surface area (TPSA) is 29.1 Å². The SMILES string of the molecule is Cc1ccc(C2(C)CC(=O)NC2(C)C)s1. The highest BCUT2D eigenvalue weighted by Gasteiger charge is 2.50. The molecular weight excluding hydrogens is 206 g/mol. The van der Waals surface area contributed by atoms with Gasteiger partial charge in [-0.15, -0.1) is 11.3 Å². The molecule has 1 unspecified atom stereocenters. The molecule has 1 aromatic heterocycles. The van der Waals surface area contributed by atoms with E-state index in [1.54, 1.807) is 11.3 Å². The van der Waals surface area contributed by atoms with Gasteiger partial charge in [0.25, 0.3) is 0 Å². The Morgan fingerprint density at radius 1 is 1.33 bits per heavy atom. The molecule has 1 saturated heterocycles. The third-order valence-corrected chi connectivity index (χ3v) is 4.89. The van der Waals surface area contributed by atoms with Crippen LogP contribution in [-0.4, -0.2) is 11.4 Å². The van der Waals surface area contributed by atoms with E-state index in [-0.39, 0.29) is 16.9 Å². The van der Waals surface area contributed by atoms with Gasteiger partial charge in [-0.3, -0.25) is 4.79 Å². The highest BCUT2D eigenvalue weighted by atomic mass is 32.1. The van der Waals surface area contributed by atoms with Crippen molar-refractivity contribution < 1.29 is 4.79 Å². The Morgan fingerprint density at radius 2 is 2.00 bits per heavy atom. The molecule has 0 aromatic carbocycles. The molecule has 0 saturated carbocycles. The Labute approximate surface area is 94.7 Å². The molecule has 0 spiro atoms. The molecule has 1 aliphatic heterocycles. The fraction of sp³-hybridized carbons (Fsp3) is 0.583. The normalized spacial score (nSPS) is 29.2. The van der Waals surface area contributed by atoms with E-state index in [1.165, 1.54) is 9.75 Å². The third kappa shape index (κ3) is 1.49. The average Bonchev–Trinajstić information content (AvgIpc) is 2.56. The van der Waals surface area contributed by atoms with Gasteiger partial charge in [0.1, 0.15) is 0 Å². The third-order valence-electron chi connectivity index (χ3n) is 3.63. The van der Waals surface area contributed by atoms with E-state index in [2.05, 4.69) is 45.1 Å². The first-order valence-electron chi connectivity index (χ1n) is 5.23. The number of hydrogen-bond donors (Lipinski definition) is 1. The molecule has 0 aliphatic carbocycles. The number of carbonyl (C=O) groups is 1. The summed E-state index contributed by atoms with van der Waals surface area (Å²) in [5.74, 6) is 0.161. The van der Waals surface area contributed by atoms with Crippen molar-refractivity contribution in [1.82, 2.24) is 5.32 Å². The number of thiophene rings is 1. The minimum atomic E-state index is -0.151. The molecular formula is C12H17NOS. The maximum Gasteiger partial charge on any atom is 0.221 e. The quantitative estimate of drug-likeness (QED) is 0.779.